The summed E-state index contributed by atoms with van der Waals surface area (Å²) < 4.78 is 9.25. The molecule has 1 fully saturated rings. The van der Waals surface area contributed by atoms with Crippen molar-refractivity contribution in [1.82, 2.24) is 24.1 Å². The number of anilines is 1. The lowest BCUT2D eigenvalue weighted by molar-refractivity contribution is 0.122. The zero-order chi connectivity index (χ0) is 21.4. The maximum Gasteiger partial charge on any atom is 0.258 e. The molecule has 0 saturated carbocycles. The maximum absolute atomic E-state index is 12.5. The average molecular weight is 455 g/mol. The summed E-state index contributed by atoms with van der Waals surface area (Å²) in [5.41, 5.74) is 3.79. The van der Waals surface area contributed by atoms with Crippen molar-refractivity contribution in [2.75, 3.05) is 31.2 Å². The number of thiazole rings is 1. The number of aryl methyl sites for hydroxylation is 2. The van der Waals surface area contributed by atoms with Gasteiger partial charge in [0.1, 0.15) is 0 Å². The fourth-order valence-electron chi connectivity index (χ4n) is 3.66. The van der Waals surface area contributed by atoms with E-state index in [0.717, 1.165) is 51.8 Å². The van der Waals surface area contributed by atoms with Gasteiger partial charge >= 0.3 is 0 Å². The lowest BCUT2D eigenvalue weighted by Crippen LogP contribution is -2.38. The third-order valence-corrected chi connectivity index (χ3v) is 7.15. The summed E-state index contributed by atoms with van der Waals surface area (Å²) in [5, 5.41) is 11.7. The Balaban J connectivity index is 1.50. The Morgan fingerprint density at radius 3 is 2.77 bits per heavy atom. The van der Waals surface area contributed by atoms with Gasteiger partial charge in [0.2, 0.25) is 5.95 Å². The fraction of sp³-hybridized carbons (Fsp3) is 0.333. The summed E-state index contributed by atoms with van der Waals surface area (Å²) in [5.74, 6) is 1.35. The van der Waals surface area contributed by atoms with E-state index in [1.54, 1.807) is 10.5 Å². The molecular weight excluding hydrogens is 432 g/mol. The van der Waals surface area contributed by atoms with Gasteiger partial charge in [-0.25, -0.2) is 4.98 Å². The fourth-order valence-corrected chi connectivity index (χ4v) is 5.39. The zero-order valence-electron chi connectivity index (χ0n) is 17.3. The Kier molecular flexibility index (Phi) is 5.51. The van der Waals surface area contributed by atoms with E-state index < -0.39 is 0 Å². The Labute approximate surface area is 187 Å². The summed E-state index contributed by atoms with van der Waals surface area (Å²) in [7, 11) is 0. The minimum atomic E-state index is -0.0475. The van der Waals surface area contributed by atoms with Crippen molar-refractivity contribution in [1.29, 1.82) is 0 Å². The van der Waals surface area contributed by atoms with Gasteiger partial charge in [0.15, 0.2) is 10.1 Å². The summed E-state index contributed by atoms with van der Waals surface area (Å²) in [4.78, 5) is 20.1. The van der Waals surface area contributed by atoms with Gasteiger partial charge in [-0.1, -0.05) is 30.0 Å². The second-order valence-electron chi connectivity index (χ2n) is 7.37. The van der Waals surface area contributed by atoms with Gasteiger partial charge < -0.3 is 9.64 Å². The molecule has 0 spiro atoms. The largest absolute Gasteiger partial charge is 0.378 e. The van der Waals surface area contributed by atoms with Crippen LogP contribution >= 0.6 is 23.1 Å². The van der Waals surface area contributed by atoms with Crippen molar-refractivity contribution in [3.8, 4) is 5.69 Å². The molecule has 1 aliphatic rings. The summed E-state index contributed by atoms with van der Waals surface area (Å²) in [6.07, 6.45) is 0. The Bertz CT molecular complexity index is 1290. The van der Waals surface area contributed by atoms with E-state index in [2.05, 4.69) is 43.7 Å². The van der Waals surface area contributed by atoms with E-state index in [0.29, 0.717) is 19.0 Å². The lowest BCUT2D eigenvalue weighted by atomic mass is 10.2. The van der Waals surface area contributed by atoms with Crippen LogP contribution in [0.5, 0.6) is 0 Å². The van der Waals surface area contributed by atoms with Gasteiger partial charge in [-0.2, -0.15) is 0 Å². The first-order valence-corrected chi connectivity index (χ1v) is 11.9. The van der Waals surface area contributed by atoms with E-state index in [1.807, 2.05) is 24.4 Å². The zero-order valence-corrected chi connectivity index (χ0v) is 18.9. The topological polar surface area (TPSA) is 77.5 Å². The quantitative estimate of drug-likeness (QED) is 0.429. The van der Waals surface area contributed by atoms with E-state index in [-0.39, 0.29) is 5.56 Å². The van der Waals surface area contributed by atoms with E-state index in [1.165, 1.54) is 23.1 Å². The summed E-state index contributed by atoms with van der Waals surface area (Å²) >= 11 is 3.02. The molecule has 4 aromatic rings. The van der Waals surface area contributed by atoms with Crippen LogP contribution in [0.2, 0.25) is 0 Å². The van der Waals surface area contributed by atoms with Crippen molar-refractivity contribution in [3.05, 3.63) is 63.0 Å². The second kappa shape index (κ2) is 8.45. The number of thioether (sulfide) groups is 1. The van der Waals surface area contributed by atoms with Crippen LogP contribution in [0.4, 0.5) is 5.95 Å². The number of aromatic nitrogens is 5. The maximum atomic E-state index is 12.5. The number of hydrogen-bond donors (Lipinski definition) is 0. The van der Waals surface area contributed by atoms with Crippen molar-refractivity contribution in [2.24, 2.45) is 0 Å². The molecule has 10 heteroatoms. The minimum absolute atomic E-state index is 0.0475. The van der Waals surface area contributed by atoms with Crippen LogP contribution in [0.3, 0.4) is 0 Å². The van der Waals surface area contributed by atoms with Crippen LogP contribution in [-0.2, 0) is 10.5 Å². The predicted molar refractivity (Wildman–Crippen MR) is 123 cm³/mol. The van der Waals surface area contributed by atoms with Crippen molar-refractivity contribution >= 4 is 34.0 Å². The molecule has 0 radical (unpaired) electrons. The van der Waals surface area contributed by atoms with Crippen molar-refractivity contribution in [2.45, 2.75) is 24.8 Å². The Morgan fingerprint density at radius 2 is 1.97 bits per heavy atom. The highest BCUT2D eigenvalue weighted by molar-refractivity contribution is 7.98. The van der Waals surface area contributed by atoms with Crippen molar-refractivity contribution in [3.63, 3.8) is 0 Å². The molecular formula is C21H22N6O2S2. The molecule has 31 heavy (non-hydrogen) atoms. The highest BCUT2D eigenvalue weighted by atomic mass is 32.2. The summed E-state index contributed by atoms with van der Waals surface area (Å²) in [6, 6.07) is 9.83. The minimum Gasteiger partial charge on any atom is -0.378 e. The molecule has 0 unspecified atom stereocenters. The van der Waals surface area contributed by atoms with Gasteiger partial charge in [0.25, 0.3) is 5.56 Å². The van der Waals surface area contributed by atoms with Crippen LogP contribution in [0.15, 0.2) is 45.7 Å². The molecule has 3 aromatic heterocycles. The van der Waals surface area contributed by atoms with E-state index in [4.69, 9.17) is 4.74 Å². The number of rotatable bonds is 5. The SMILES string of the molecule is Cc1ccccc1-n1c(SCc2cc(=O)n3c(C)csc3n2)nnc1N1CCOCC1. The lowest BCUT2D eigenvalue weighted by Gasteiger charge is -2.28. The number of ether oxygens (including phenoxy) is 1. The molecule has 0 atom stereocenters. The monoisotopic (exact) mass is 454 g/mol. The van der Waals surface area contributed by atoms with Crippen LogP contribution in [0, 0.1) is 13.8 Å². The molecule has 0 bridgehead atoms. The van der Waals surface area contributed by atoms with E-state index >= 15 is 0 Å². The predicted octanol–water partition coefficient (Wildman–Crippen LogP) is 3.08. The highest BCUT2D eigenvalue weighted by Gasteiger charge is 2.22. The first-order chi connectivity index (χ1) is 15.1. The summed E-state index contributed by atoms with van der Waals surface area (Å²) in [6.45, 7) is 6.92. The average Bonchev–Trinajstić information content (AvgIpc) is 3.37. The van der Waals surface area contributed by atoms with Crippen LogP contribution < -0.4 is 10.5 Å². The first-order valence-electron chi connectivity index (χ1n) is 10.1. The molecule has 0 N–H and O–H groups in total. The third kappa shape index (κ3) is 3.86. The third-order valence-electron chi connectivity index (χ3n) is 5.24. The standard InChI is InChI=1S/C21H22N6O2S2/c1-14-5-3-4-6-17(14)27-19(25-7-9-29-10-8-25)23-24-21(27)31-13-16-11-18(28)26-15(2)12-30-20(26)22-16/h3-6,11-12H,7-10,13H2,1-2H3. The number of para-hydroxylation sites is 1. The molecule has 160 valence electrons. The van der Waals surface area contributed by atoms with Crippen molar-refractivity contribution < 1.29 is 4.74 Å². The van der Waals surface area contributed by atoms with Gasteiger partial charge in [0, 0.05) is 36.0 Å². The molecule has 1 saturated heterocycles. The normalized spacial score (nSPS) is 14.5. The van der Waals surface area contributed by atoms with E-state index in [9.17, 15) is 4.79 Å². The number of hydrogen-bond acceptors (Lipinski definition) is 8. The van der Waals surface area contributed by atoms with Gasteiger partial charge in [-0.15, -0.1) is 21.5 Å². The molecule has 0 aliphatic carbocycles. The molecule has 5 rings (SSSR count). The number of nitrogens with zero attached hydrogens (tertiary/aromatic N) is 6. The number of morpholine rings is 1. The molecule has 1 aromatic carbocycles. The van der Waals surface area contributed by atoms with Gasteiger partial charge in [-0.05, 0) is 25.5 Å². The van der Waals surface area contributed by atoms with Gasteiger partial charge in [0.05, 0.1) is 24.6 Å². The molecule has 4 heterocycles. The van der Waals surface area contributed by atoms with Crippen LogP contribution in [0.1, 0.15) is 17.0 Å². The second-order valence-corrected chi connectivity index (χ2v) is 9.15. The molecule has 1 aliphatic heterocycles. The number of fused-ring (bicyclic) bond motifs is 1. The van der Waals surface area contributed by atoms with Gasteiger partial charge in [-0.3, -0.25) is 13.8 Å². The van der Waals surface area contributed by atoms with Crippen LogP contribution in [-0.4, -0.2) is 50.5 Å². The smallest absolute Gasteiger partial charge is 0.258 e. The van der Waals surface area contributed by atoms with Crippen LogP contribution in [0.25, 0.3) is 10.6 Å². The molecule has 0 amide bonds. The Hall–Kier alpha value is -2.69. The molecule has 8 nitrogen and oxygen atoms in total. The first kappa shape index (κ1) is 20.2. The number of benzene rings is 1. The Morgan fingerprint density at radius 1 is 1.16 bits per heavy atom. The highest BCUT2D eigenvalue weighted by Crippen LogP contribution is 2.30.